The Balaban J connectivity index is 1.90. The van der Waals surface area contributed by atoms with Gasteiger partial charge in [-0.3, -0.25) is 0 Å². The number of piperidine rings is 1. The van der Waals surface area contributed by atoms with Crippen LogP contribution in [0.3, 0.4) is 0 Å². The third-order valence-corrected chi connectivity index (χ3v) is 3.85. The molecule has 0 unspecified atom stereocenters. The number of pyridine rings is 1. The molecule has 20 heavy (non-hydrogen) atoms. The van der Waals surface area contributed by atoms with Gasteiger partial charge in [-0.1, -0.05) is 26.8 Å². The minimum atomic E-state index is 0.161. The highest BCUT2D eigenvalue weighted by atomic mass is 16.5. The van der Waals surface area contributed by atoms with Crippen LogP contribution >= 0.6 is 0 Å². The molecule has 0 spiro atoms. The maximum atomic E-state index is 5.71. The van der Waals surface area contributed by atoms with E-state index >= 15 is 0 Å². The van der Waals surface area contributed by atoms with E-state index in [0.717, 1.165) is 31.7 Å². The molecule has 2 heterocycles. The van der Waals surface area contributed by atoms with Crippen LogP contribution in [0.2, 0.25) is 0 Å². The summed E-state index contributed by atoms with van der Waals surface area (Å²) in [5.74, 6) is 1.08. The van der Waals surface area contributed by atoms with Gasteiger partial charge >= 0.3 is 0 Å². The summed E-state index contributed by atoms with van der Waals surface area (Å²) in [6, 6.07) is 4.33. The fraction of sp³-hybridized carbons (Fsp3) is 0.688. The molecule has 1 aliphatic rings. The first kappa shape index (κ1) is 15.3. The highest BCUT2D eigenvalue weighted by Gasteiger charge is 2.21. The van der Waals surface area contributed by atoms with Crippen LogP contribution in [0.15, 0.2) is 18.3 Å². The second-order valence-corrected chi connectivity index (χ2v) is 6.50. The molecule has 112 valence electrons. The summed E-state index contributed by atoms with van der Waals surface area (Å²) in [6.07, 6.45) is 4.49. The Morgan fingerprint density at radius 3 is 2.50 bits per heavy atom. The summed E-state index contributed by atoms with van der Waals surface area (Å²) in [5, 5.41) is 0. The van der Waals surface area contributed by atoms with Crippen LogP contribution in [0.4, 0.5) is 5.82 Å². The largest absolute Gasteiger partial charge is 0.377 e. The zero-order valence-corrected chi connectivity index (χ0v) is 12.9. The molecule has 1 aliphatic heterocycles. The summed E-state index contributed by atoms with van der Waals surface area (Å²) in [7, 11) is 0. The van der Waals surface area contributed by atoms with E-state index in [9.17, 15) is 0 Å². The predicted octanol–water partition coefficient (Wildman–Crippen LogP) is 2.32. The van der Waals surface area contributed by atoms with Gasteiger partial charge in [0, 0.05) is 25.8 Å². The van der Waals surface area contributed by atoms with Crippen molar-refractivity contribution in [3.05, 3.63) is 23.9 Å². The van der Waals surface area contributed by atoms with Crippen molar-refractivity contribution in [2.45, 2.75) is 45.1 Å². The van der Waals surface area contributed by atoms with Gasteiger partial charge in [0.05, 0.1) is 12.7 Å². The van der Waals surface area contributed by atoms with Crippen molar-refractivity contribution in [1.29, 1.82) is 0 Å². The average Bonchev–Trinajstić information content (AvgIpc) is 2.45. The Hall–Kier alpha value is -1.13. The highest BCUT2D eigenvalue weighted by Crippen LogP contribution is 2.24. The van der Waals surface area contributed by atoms with Crippen LogP contribution < -0.4 is 10.6 Å². The lowest BCUT2D eigenvalue weighted by Crippen LogP contribution is -2.38. The standard InChI is InChI=1S/C16H27N3O/c1-16(2,3)13-4-5-15(18-12-13)19-9-6-14(7-10-19)20-11-8-17/h4-5,12,14H,6-11,17H2,1-3H3. The van der Waals surface area contributed by atoms with E-state index in [2.05, 4.69) is 42.8 Å². The topological polar surface area (TPSA) is 51.4 Å². The normalized spacial score (nSPS) is 17.5. The number of ether oxygens (including phenoxy) is 1. The smallest absolute Gasteiger partial charge is 0.128 e. The lowest BCUT2D eigenvalue weighted by atomic mass is 9.88. The van der Waals surface area contributed by atoms with Crippen molar-refractivity contribution < 1.29 is 4.74 Å². The Morgan fingerprint density at radius 2 is 2.00 bits per heavy atom. The highest BCUT2D eigenvalue weighted by molar-refractivity contribution is 5.40. The van der Waals surface area contributed by atoms with Gasteiger partial charge in [-0.25, -0.2) is 4.98 Å². The van der Waals surface area contributed by atoms with Gasteiger partial charge < -0.3 is 15.4 Å². The first-order chi connectivity index (χ1) is 9.50. The molecule has 0 aromatic carbocycles. The maximum Gasteiger partial charge on any atom is 0.128 e. The monoisotopic (exact) mass is 277 g/mol. The summed E-state index contributed by atoms with van der Waals surface area (Å²) < 4.78 is 5.71. The quantitative estimate of drug-likeness (QED) is 0.917. The van der Waals surface area contributed by atoms with E-state index in [4.69, 9.17) is 10.5 Å². The Morgan fingerprint density at radius 1 is 1.30 bits per heavy atom. The minimum Gasteiger partial charge on any atom is -0.377 e. The molecular weight excluding hydrogens is 250 g/mol. The van der Waals surface area contributed by atoms with Gasteiger partial charge in [0.1, 0.15) is 5.82 Å². The van der Waals surface area contributed by atoms with Crippen LogP contribution in [0, 0.1) is 0 Å². The molecule has 2 rings (SSSR count). The van der Waals surface area contributed by atoms with Gasteiger partial charge in [-0.05, 0) is 29.9 Å². The van der Waals surface area contributed by atoms with Crippen LogP contribution in [0.5, 0.6) is 0 Å². The van der Waals surface area contributed by atoms with E-state index in [1.807, 2.05) is 6.20 Å². The maximum absolute atomic E-state index is 5.71. The molecule has 1 aromatic heterocycles. The third kappa shape index (κ3) is 3.93. The first-order valence-corrected chi connectivity index (χ1v) is 7.54. The number of hydrogen-bond donors (Lipinski definition) is 1. The molecule has 4 heteroatoms. The Kier molecular flexibility index (Phi) is 5.00. The number of anilines is 1. The van der Waals surface area contributed by atoms with Crippen LogP contribution in [0.1, 0.15) is 39.2 Å². The minimum absolute atomic E-state index is 0.161. The summed E-state index contributed by atoms with van der Waals surface area (Å²) >= 11 is 0. The summed E-state index contributed by atoms with van der Waals surface area (Å²) in [4.78, 5) is 6.96. The first-order valence-electron chi connectivity index (χ1n) is 7.54. The Bertz CT molecular complexity index is 403. The molecule has 2 N–H and O–H groups in total. The fourth-order valence-electron chi connectivity index (χ4n) is 2.50. The zero-order chi connectivity index (χ0) is 14.6. The second-order valence-electron chi connectivity index (χ2n) is 6.50. The van der Waals surface area contributed by atoms with E-state index < -0.39 is 0 Å². The van der Waals surface area contributed by atoms with E-state index in [1.54, 1.807) is 0 Å². The molecule has 0 aliphatic carbocycles. The molecular formula is C16H27N3O. The number of rotatable bonds is 4. The molecule has 1 saturated heterocycles. The molecule has 0 atom stereocenters. The van der Waals surface area contributed by atoms with Crippen molar-refractivity contribution in [2.75, 3.05) is 31.1 Å². The fourth-order valence-corrected chi connectivity index (χ4v) is 2.50. The van der Waals surface area contributed by atoms with Crippen molar-refractivity contribution in [1.82, 2.24) is 4.98 Å². The lowest BCUT2D eigenvalue weighted by Gasteiger charge is -2.33. The van der Waals surface area contributed by atoms with E-state index in [1.165, 1.54) is 5.56 Å². The molecule has 0 bridgehead atoms. The number of nitrogens with zero attached hydrogens (tertiary/aromatic N) is 2. The van der Waals surface area contributed by atoms with Crippen molar-refractivity contribution in [3.8, 4) is 0 Å². The molecule has 0 amide bonds. The number of nitrogens with two attached hydrogens (primary N) is 1. The van der Waals surface area contributed by atoms with Crippen LogP contribution in [-0.2, 0) is 10.2 Å². The van der Waals surface area contributed by atoms with Gasteiger partial charge in [-0.15, -0.1) is 0 Å². The number of aromatic nitrogens is 1. The van der Waals surface area contributed by atoms with Gasteiger partial charge in [0.25, 0.3) is 0 Å². The van der Waals surface area contributed by atoms with E-state index in [0.29, 0.717) is 19.3 Å². The molecule has 0 radical (unpaired) electrons. The zero-order valence-electron chi connectivity index (χ0n) is 12.9. The second kappa shape index (κ2) is 6.55. The molecule has 1 aromatic rings. The summed E-state index contributed by atoms with van der Waals surface area (Å²) in [6.45, 7) is 9.94. The SMILES string of the molecule is CC(C)(C)c1ccc(N2CCC(OCCN)CC2)nc1. The van der Waals surface area contributed by atoms with Crippen LogP contribution in [0.25, 0.3) is 0 Å². The van der Waals surface area contributed by atoms with Gasteiger partial charge in [0.2, 0.25) is 0 Å². The van der Waals surface area contributed by atoms with Crippen LogP contribution in [-0.4, -0.2) is 37.3 Å². The lowest BCUT2D eigenvalue weighted by molar-refractivity contribution is 0.0421. The molecule has 4 nitrogen and oxygen atoms in total. The van der Waals surface area contributed by atoms with E-state index in [-0.39, 0.29) is 5.41 Å². The van der Waals surface area contributed by atoms with Gasteiger partial charge in [-0.2, -0.15) is 0 Å². The predicted molar refractivity (Wildman–Crippen MR) is 83.2 cm³/mol. The molecule has 0 saturated carbocycles. The van der Waals surface area contributed by atoms with Crippen molar-refractivity contribution in [3.63, 3.8) is 0 Å². The third-order valence-electron chi connectivity index (χ3n) is 3.85. The van der Waals surface area contributed by atoms with Gasteiger partial charge in [0.15, 0.2) is 0 Å². The molecule has 1 fully saturated rings. The average molecular weight is 277 g/mol. The summed E-state index contributed by atoms with van der Waals surface area (Å²) in [5.41, 5.74) is 6.91. The van der Waals surface area contributed by atoms with Crippen molar-refractivity contribution in [2.24, 2.45) is 5.73 Å². The number of hydrogen-bond acceptors (Lipinski definition) is 4. The Labute approximate surface area is 122 Å². The van der Waals surface area contributed by atoms with Crippen molar-refractivity contribution >= 4 is 5.82 Å².